The highest BCUT2D eigenvalue weighted by Crippen LogP contribution is 2.06. The molecule has 1 aromatic heterocycles. The van der Waals surface area contributed by atoms with Gasteiger partial charge in [0, 0.05) is 0 Å². The fourth-order valence-corrected chi connectivity index (χ4v) is 1.21. The minimum atomic E-state index is 0.746. The van der Waals surface area contributed by atoms with Gasteiger partial charge in [-0.25, -0.2) is 0 Å². The lowest BCUT2D eigenvalue weighted by atomic mass is 10.3. The zero-order valence-corrected chi connectivity index (χ0v) is 8.47. The average molecular weight is 200 g/mol. The summed E-state index contributed by atoms with van der Waals surface area (Å²) >= 11 is 0. The summed E-state index contributed by atoms with van der Waals surface area (Å²) in [6, 6.07) is 13.6. The number of benzene rings is 1. The molecule has 3 heteroatoms. The highest BCUT2D eigenvalue weighted by molar-refractivity contribution is 5.76. The van der Waals surface area contributed by atoms with Crippen molar-refractivity contribution in [3.8, 4) is 0 Å². The number of hydrazone groups is 1. The molecule has 2 aromatic rings. The Balaban J connectivity index is 1.96. The van der Waals surface area contributed by atoms with E-state index in [0.717, 1.165) is 17.2 Å². The molecule has 0 radical (unpaired) electrons. The van der Waals surface area contributed by atoms with Gasteiger partial charge in [-0.05, 0) is 31.2 Å². The van der Waals surface area contributed by atoms with E-state index in [9.17, 15) is 0 Å². The Kier molecular flexibility index (Phi) is 2.83. The molecule has 2 rings (SSSR count). The molecular weight excluding hydrogens is 188 g/mol. The Bertz CT molecular complexity index is 446. The van der Waals surface area contributed by atoms with Crippen molar-refractivity contribution in [3.05, 3.63) is 54.0 Å². The minimum absolute atomic E-state index is 0.746. The van der Waals surface area contributed by atoms with Crippen LogP contribution in [0, 0.1) is 6.92 Å². The number of nitrogens with zero attached hydrogens (tertiary/aromatic N) is 1. The van der Waals surface area contributed by atoms with E-state index in [2.05, 4.69) is 10.5 Å². The summed E-state index contributed by atoms with van der Waals surface area (Å²) in [7, 11) is 0. The van der Waals surface area contributed by atoms with Crippen LogP contribution < -0.4 is 5.43 Å². The molecule has 0 fully saturated rings. The van der Waals surface area contributed by atoms with Crippen LogP contribution in [0.4, 0.5) is 5.69 Å². The van der Waals surface area contributed by atoms with Crippen molar-refractivity contribution in [2.45, 2.75) is 6.92 Å². The van der Waals surface area contributed by atoms with Crippen LogP contribution >= 0.6 is 0 Å². The number of furan rings is 1. The molecule has 15 heavy (non-hydrogen) atoms. The Labute approximate surface area is 88.4 Å². The van der Waals surface area contributed by atoms with Crippen molar-refractivity contribution in [2.24, 2.45) is 5.10 Å². The third-order valence-corrected chi connectivity index (χ3v) is 1.92. The summed E-state index contributed by atoms with van der Waals surface area (Å²) in [6.45, 7) is 1.90. The maximum absolute atomic E-state index is 5.33. The standard InChI is InChI=1S/C12H12N2O/c1-10-7-8-12(15-10)9-13-14-11-5-3-2-4-6-11/h2-9,14H,1H3/b13-9+. The van der Waals surface area contributed by atoms with E-state index in [-0.39, 0.29) is 0 Å². The zero-order chi connectivity index (χ0) is 10.5. The van der Waals surface area contributed by atoms with E-state index in [4.69, 9.17) is 4.42 Å². The minimum Gasteiger partial charge on any atom is -0.460 e. The Morgan fingerprint density at radius 1 is 1.13 bits per heavy atom. The highest BCUT2D eigenvalue weighted by atomic mass is 16.3. The molecule has 76 valence electrons. The molecule has 1 heterocycles. The quantitative estimate of drug-likeness (QED) is 0.610. The molecule has 1 aromatic carbocycles. The second-order valence-corrected chi connectivity index (χ2v) is 3.18. The van der Waals surface area contributed by atoms with Gasteiger partial charge in [-0.15, -0.1) is 0 Å². The molecule has 1 N–H and O–H groups in total. The van der Waals surface area contributed by atoms with Gasteiger partial charge in [-0.2, -0.15) is 5.10 Å². The van der Waals surface area contributed by atoms with Crippen LogP contribution in [-0.4, -0.2) is 6.21 Å². The smallest absolute Gasteiger partial charge is 0.147 e. The normalized spacial score (nSPS) is 10.7. The fourth-order valence-electron chi connectivity index (χ4n) is 1.21. The lowest BCUT2D eigenvalue weighted by Gasteiger charge is -1.96. The lowest BCUT2D eigenvalue weighted by molar-refractivity contribution is 0.528. The SMILES string of the molecule is Cc1ccc(/C=N/Nc2ccccc2)o1. The summed E-state index contributed by atoms with van der Waals surface area (Å²) in [6.07, 6.45) is 1.65. The third kappa shape index (κ3) is 2.71. The first kappa shape index (κ1) is 9.52. The molecule has 0 bridgehead atoms. The molecule has 0 saturated carbocycles. The van der Waals surface area contributed by atoms with E-state index in [1.165, 1.54) is 0 Å². The molecule has 0 unspecified atom stereocenters. The van der Waals surface area contributed by atoms with E-state index >= 15 is 0 Å². The molecular formula is C12H12N2O. The van der Waals surface area contributed by atoms with Crippen LogP contribution in [0.25, 0.3) is 0 Å². The molecule has 0 saturated heterocycles. The fraction of sp³-hybridized carbons (Fsp3) is 0.0833. The Morgan fingerprint density at radius 2 is 1.93 bits per heavy atom. The van der Waals surface area contributed by atoms with Crippen LogP contribution in [0.2, 0.25) is 0 Å². The van der Waals surface area contributed by atoms with Crippen LogP contribution in [-0.2, 0) is 0 Å². The van der Waals surface area contributed by atoms with Gasteiger partial charge in [0.05, 0.1) is 11.9 Å². The van der Waals surface area contributed by atoms with Crippen molar-refractivity contribution in [1.82, 2.24) is 0 Å². The van der Waals surface area contributed by atoms with Crippen molar-refractivity contribution in [1.29, 1.82) is 0 Å². The number of hydrogen-bond donors (Lipinski definition) is 1. The summed E-state index contributed by atoms with van der Waals surface area (Å²) in [4.78, 5) is 0. The first-order valence-electron chi connectivity index (χ1n) is 4.75. The molecule has 0 aliphatic carbocycles. The zero-order valence-electron chi connectivity index (χ0n) is 8.47. The number of para-hydroxylation sites is 1. The van der Waals surface area contributed by atoms with Crippen LogP contribution in [0.3, 0.4) is 0 Å². The maximum atomic E-state index is 5.33. The predicted molar refractivity (Wildman–Crippen MR) is 61.1 cm³/mol. The summed E-state index contributed by atoms with van der Waals surface area (Å²) < 4.78 is 5.33. The monoisotopic (exact) mass is 200 g/mol. The van der Waals surface area contributed by atoms with E-state index < -0.39 is 0 Å². The van der Waals surface area contributed by atoms with E-state index in [0.29, 0.717) is 0 Å². The van der Waals surface area contributed by atoms with Gasteiger partial charge in [-0.1, -0.05) is 18.2 Å². The van der Waals surface area contributed by atoms with Crippen molar-refractivity contribution < 1.29 is 4.42 Å². The van der Waals surface area contributed by atoms with Gasteiger partial charge in [0.1, 0.15) is 11.5 Å². The molecule has 0 amide bonds. The van der Waals surface area contributed by atoms with Gasteiger partial charge < -0.3 is 4.42 Å². The Morgan fingerprint density at radius 3 is 2.60 bits per heavy atom. The number of hydrogen-bond acceptors (Lipinski definition) is 3. The van der Waals surface area contributed by atoms with Crippen molar-refractivity contribution in [2.75, 3.05) is 5.43 Å². The second kappa shape index (κ2) is 4.46. The predicted octanol–water partition coefficient (Wildman–Crippen LogP) is 3.03. The average Bonchev–Trinajstić information content (AvgIpc) is 2.66. The van der Waals surface area contributed by atoms with E-state index in [1.807, 2.05) is 49.4 Å². The number of nitrogens with one attached hydrogen (secondary N) is 1. The van der Waals surface area contributed by atoms with Gasteiger partial charge in [-0.3, -0.25) is 5.43 Å². The summed E-state index contributed by atoms with van der Waals surface area (Å²) in [5.74, 6) is 1.63. The highest BCUT2D eigenvalue weighted by Gasteiger charge is 1.92. The first-order chi connectivity index (χ1) is 7.34. The van der Waals surface area contributed by atoms with Gasteiger partial charge in [0.15, 0.2) is 0 Å². The van der Waals surface area contributed by atoms with Crippen molar-refractivity contribution in [3.63, 3.8) is 0 Å². The molecule has 0 spiro atoms. The molecule has 3 nitrogen and oxygen atoms in total. The summed E-state index contributed by atoms with van der Waals surface area (Å²) in [5, 5.41) is 4.06. The topological polar surface area (TPSA) is 37.5 Å². The maximum Gasteiger partial charge on any atom is 0.147 e. The summed E-state index contributed by atoms with van der Waals surface area (Å²) in [5.41, 5.74) is 3.87. The van der Waals surface area contributed by atoms with Gasteiger partial charge in [0.25, 0.3) is 0 Å². The molecule has 0 aliphatic heterocycles. The second-order valence-electron chi connectivity index (χ2n) is 3.18. The van der Waals surface area contributed by atoms with Crippen LogP contribution in [0.15, 0.2) is 52.0 Å². The van der Waals surface area contributed by atoms with Gasteiger partial charge >= 0.3 is 0 Å². The van der Waals surface area contributed by atoms with Crippen LogP contribution in [0.1, 0.15) is 11.5 Å². The number of anilines is 1. The van der Waals surface area contributed by atoms with Gasteiger partial charge in [0.2, 0.25) is 0 Å². The number of aryl methyl sites for hydroxylation is 1. The largest absolute Gasteiger partial charge is 0.460 e. The van der Waals surface area contributed by atoms with E-state index in [1.54, 1.807) is 6.21 Å². The molecule has 0 aliphatic rings. The first-order valence-corrected chi connectivity index (χ1v) is 4.75. The Hall–Kier alpha value is -2.03. The molecule has 0 atom stereocenters. The van der Waals surface area contributed by atoms with Crippen molar-refractivity contribution >= 4 is 11.9 Å². The third-order valence-electron chi connectivity index (χ3n) is 1.92. The van der Waals surface area contributed by atoms with Crippen LogP contribution in [0.5, 0.6) is 0 Å². The number of rotatable bonds is 3. The lowest BCUT2D eigenvalue weighted by Crippen LogP contribution is -1.88.